The minimum Gasteiger partial charge on any atom is -0.369 e. The summed E-state index contributed by atoms with van der Waals surface area (Å²) in [5.41, 5.74) is 9.82. The molecule has 2 aliphatic rings. The summed E-state index contributed by atoms with van der Waals surface area (Å²) in [6.45, 7) is 8.58. The zero-order valence-electron chi connectivity index (χ0n) is 20.2. The summed E-state index contributed by atoms with van der Waals surface area (Å²) in [6.07, 6.45) is 7.63. The molecule has 35 heavy (non-hydrogen) atoms. The summed E-state index contributed by atoms with van der Waals surface area (Å²) in [7, 11) is 0. The van der Waals surface area contributed by atoms with Crippen LogP contribution in [0.1, 0.15) is 48.7 Å². The lowest BCUT2D eigenvalue weighted by Crippen LogP contribution is -2.60. The molecule has 3 aromatic rings. The van der Waals surface area contributed by atoms with Crippen molar-refractivity contribution in [2.75, 3.05) is 41.7 Å². The lowest BCUT2D eigenvalue weighted by atomic mass is 9.72. The summed E-state index contributed by atoms with van der Waals surface area (Å²) >= 11 is 0. The molecule has 0 aromatic carbocycles. The van der Waals surface area contributed by atoms with Gasteiger partial charge in [-0.05, 0) is 56.1 Å². The molecule has 2 saturated heterocycles. The van der Waals surface area contributed by atoms with E-state index in [1.54, 1.807) is 12.3 Å². The van der Waals surface area contributed by atoms with Gasteiger partial charge in [0.2, 0.25) is 0 Å². The summed E-state index contributed by atoms with van der Waals surface area (Å²) < 4.78 is 0. The summed E-state index contributed by atoms with van der Waals surface area (Å²) in [5, 5.41) is 10.0. The van der Waals surface area contributed by atoms with Crippen molar-refractivity contribution in [2.45, 2.75) is 32.6 Å². The predicted molar refractivity (Wildman–Crippen MR) is 139 cm³/mol. The molecule has 5 rings (SSSR count). The molecule has 0 aliphatic carbocycles. The fourth-order valence-corrected chi connectivity index (χ4v) is 4.95. The molecule has 1 spiro atoms. The Labute approximate surface area is 205 Å². The van der Waals surface area contributed by atoms with Crippen LogP contribution in [0.5, 0.6) is 0 Å². The third-order valence-corrected chi connectivity index (χ3v) is 6.91. The third kappa shape index (κ3) is 4.90. The molecule has 3 aromatic heterocycles. The van der Waals surface area contributed by atoms with Crippen LogP contribution in [0.2, 0.25) is 0 Å². The molecule has 0 radical (unpaired) electrons. The van der Waals surface area contributed by atoms with Gasteiger partial charge in [-0.2, -0.15) is 0 Å². The van der Waals surface area contributed by atoms with Crippen LogP contribution < -0.4 is 26.6 Å². The monoisotopic (exact) mass is 472 g/mol. The largest absolute Gasteiger partial charge is 0.369 e. The van der Waals surface area contributed by atoms with E-state index in [1.165, 1.54) is 19.0 Å². The summed E-state index contributed by atoms with van der Waals surface area (Å²) in [6, 6.07) is 9.60. The lowest BCUT2D eigenvalue weighted by molar-refractivity contribution is 0.100. The van der Waals surface area contributed by atoms with Crippen molar-refractivity contribution in [1.82, 2.24) is 20.3 Å². The number of amides is 1. The number of piperidine rings is 1. The minimum absolute atomic E-state index is 0.217. The molecule has 9 heteroatoms. The van der Waals surface area contributed by atoms with E-state index in [1.807, 2.05) is 24.4 Å². The van der Waals surface area contributed by atoms with Gasteiger partial charge in [0.15, 0.2) is 0 Å². The standard InChI is InChI=1S/C26H32N8O/c1-17(2)24-20(4-3-9-29-24)32-21-12-23(31-14-19(21)25(27)35)33-22-6-5-18(13-30-22)34-15-26(16-34)7-10-28-11-8-26/h3-6,9,12-14,17,28H,7-8,10-11,15-16H2,1-2H3,(H2,27,35)(H2,30,31,32,33). The van der Waals surface area contributed by atoms with Crippen molar-refractivity contribution >= 4 is 34.6 Å². The molecule has 5 N–H and O–H groups in total. The second kappa shape index (κ2) is 9.50. The van der Waals surface area contributed by atoms with E-state index < -0.39 is 5.91 Å². The normalized spacial score (nSPS) is 16.7. The average Bonchev–Trinajstić information content (AvgIpc) is 2.84. The number of nitrogens with two attached hydrogens (primary N) is 1. The number of hydrogen-bond donors (Lipinski definition) is 4. The Balaban J connectivity index is 1.30. The number of hydrogen-bond acceptors (Lipinski definition) is 8. The van der Waals surface area contributed by atoms with Gasteiger partial charge in [0, 0.05) is 37.0 Å². The van der Waals surface area contributed by atoms with Crippen LogP contribution in [-0.4, -0.2) is 47.0 Å². The second-order valence-corrected chi connectivity index (χ2v) is 9.83. The maximum atomic E-state index is 12.0. The Morgan fingerprint density at radius 2 is 1.80 bits per heavy atom. The van der Waals surface area contributed by atoms with Gasteiger partial charge < -0.3 is 26.6 Å². The molecule has 2 fully saturated rings. The third-order valence-electron chi connectivity index (χ3n) is 6.91. The maximum Gasteiger partial charge on any atom is 0.252 e. The minimum atomic E-state index is -0.551. The van der Waals surface area contributed by atoms with Crippen molar-refractivity contribution in [3.8, 4) is 0 Å². The first kappa shape index (κ1) is 23.0. The number of nitrogens with one attached hydrogen (secondary N) is 3. The van der Waals surface area contributed by atoms with Crippen LogP contribution in [0.4, 0.5) is 28.7 Å². The van der Waals surface area contributed by atoms with Gasteiger partial charge >= 0.3 is 0 Å². The first-order valence-corrected chi connectivity index (χ1v) is 12.1. The Hall–Kier alpha value is -3.72. The van der Waals surface area contributed by atoms with Crippen LogP contribution >= 0.6 is 0 Å². The van der Waals surface area contributed by atoms with E-state index in [-0.39, 0.29) is 5.92 Å². The van der Waals surface area contributed by atoms with Gasteiger partial charge in [-0.25, -0.2) is 9.97 Å². The molecule has 0 unspecified atom stereocenters. The average molecular weight is 473 g/mol. The number of nitrogens with zero attached hydrogens (tertiary/aromatic N) is 4. The van der Waals surface area contributed by atoms with Crippen LogP contribution in [0.25, 0.3) is 0 Å². The molecule has 5 heterocycles. The Morgan fingerprint density at radius 1 is 1.03 bits per heavy atom. The highest BCUT2D eigenvalue weighted by Gasteiger charge is 2.43. The van der Waals surface area contributed by atoms with Gasteiger partial charge in [0.1, 0.15) is 11.6 Å². The number of carbonyl (C=O) groups excluding carboxylic acids is 1. The molecule has 0 bridgehead atoms. The zero-order valence-corrected chi connectivity index (χ0v) is 20.2. The fourth-order valence-electron chi connectivity index (χ4n) is 4.95. The zero-order chi connectivity index (χ0) is 24.4. The molecule has 1 amide bonds. The quantitative estimate of drug-likeness (QED) is 0.410. The van der Waals surface area contributed by atoms with E-state index in [4.69, 9.17) is 5.73 Å². The van der Waals surface area contributed by atoms with Crippen molar-refractivity contribution < 1.29 is 4.79 Å². The Kier molecular flexibility index (Phi) is 6.25. The van der Waals surface area contributed by atoms with Gasteiger partial charge in [-0.3, -0.25) is 9.78 Å². The smallest absolute Gasteiger partial charge is 0.252 e. The van der Waals surface area contributed by atoms with Crippen molar-refractivity contribution in [2.24, 2.45) is 11.1 Å². The van der Waals surface area contributed by atoms with E-state index in [0.29, 0.717) is 28.3 Å². The first-order chi connectivity index (χ1) is 16.9. The van der Waals surface area contributed by atoms with E-state index >= 15 is 0 Å². The molecule has 182 valence electrons. The molecule has 0 atom stereocenters. The molecule has 0 saturated carbocycles. The number of rotatable bonds is 7. The highest BCUT2D eigenvalue weighted by atomic mass is 16.1. The topological polar surface area (TPSA) is 121 Å². The number of aromatic nitrogens is 3. The number of carbonyl (C=O) groups is 1. The van der Waals surface area contributed by atoms with Crippen molar-refractivity contribution in [1.29, 1.82) is 0 Å². The summed E-state index contributed by atoms with van der Waals surface area (Å²) in [4.78, 5) is 27.9. The van der Waals surface area contributed by atoms with E-state index in [2.05, 4.69) is 55.7 Å². The molecular weight excluding hydrogens is 440 g/mol. The SMILES string of the molecule is CC(C)c1ncccc1Nc1cc(Nc2ccc(N3CC4(CCNCC4)C3)cn2)ncc1C(N)=O. The van der Waals surface area contributed by atoms with E-state index in [0.717, 1.165) is 43.2 Å². The maximum absolute atomic E-state index is 12.0. The Morgan fingerprint density at radius 3 is 2.49 bits per heavy atom. The van der Waals surface area contributed by atoms with Crippen LogP contribution in [0.3, 0.4) is 0 Å². The van der Waals surface area contributed by atoms with Gasteiger partial charge in [0.05, 0.1) is 34.5 Å². The second-order valence-electron chi connectivity index (χ2n) is 9.83. The highest BCUT2D eigenvalue weighted by molar-refractivity contribution is 5.99. The predicted octanol–water partition coefficient (Wildman–Crippen LogP) is 3.77. The van der Waals surface area contributed by atoms with Crippen LogP contribution in [0.15, 0.2) is 48.9 Å². The molecule has 9 nitrogen and oxygen atoms in total. The van der Waals surface area contributed by atoms with E-state index in [9.17, 15) is 4.79 Å². The van der Waals surface area contributed by atoms with Crippen molar-refractivity contribution in [3.63, 3.8) is 0 Å². The lowest BCUT2D eigenvalue weighted by Gasteiger charge is -2.53. The summed E-state index contributed by atoms with van der Waals surface area (Å²) in [5.74, 6) is 0.907. The molecule has 2 aliphatic heterocycles. The van der Waals surface area contributed by atoms with Gasteiger partial charge in [-0.15, -0.1) is 0 Å². The fraction of sp³-hybridized carbons (Fsp3) is 0.385. The number of primary amides is 1. The Bertz CT molecular complexity index is 1200. The highest BCUT2D eigenvalue weighted by Crippen LogP contribution is 2.41. The number of pyridine rings is 3. The van der Waals surface area contributed by atoms with Gasteiger partial charge in [0.25, 0.3) is 5.91 Å². The van der Waals surface area contributed by atoms with Gasteiger partial charge in [-0.1, -0.05) is 13.8 Å². The van der Waals surface area contributed by atoms with Crippen LogP contribution in [0, 0.1) is 5.41 Å². The van der Waals surface area contributed by atoms with Crippen molar-refractivity contribution in [3.05, 3.63) is 60.2 Å². The first-order valence-electron chi connectivity index (χ1n) is 12.1. The number of anilines is 5. The van der Waals surface area contributed by atoms with Crippen LogP contribution in [-0.2, 0) is 0 Å². The molecular formula is C26H32N8O.